The number of piperidine rings is 1. The summed E-state index contributed by atoms with van der Waals surface area (Å²) in [4.78, 5) is 10.9. The van der Waals surface area contributed by atoms with E-state index in [1.54, 1.807) is 12.7 Å². The molecule has 1 aliphatic heterocycles. The van der Waals surface area contributed by atoms with Gasteiger partial charge in [0.25, 0.3) is 0 Å². The second kappa shape index (κ2) is 6.24. The first-order chi connectivity index (χ1) is 12.0. The first-order valence-electron chi connectivity index (χ1n) is 8.25. The molecule has 0 spiro atoms. The maximum atomic E-state index is 11.1. The van der Waals surface area contributed by atoms with Gasteiger partial charge >= 0.3 is 0 Å². The van der Waals surface area contributed by atoms with E-state index in [0.29, 0.717) is 18.0 Å². The van der Waals surface area contributed by atoms with Gasteiger partial charge in [-0.15, -0.1) is 10.2 Å². The zero-order chi connectivity index (χ0) is 17.4. The van der Waals surface area contributed by atoms with Crippen LogP contribution in [0.3, 0.4) is 0 Å². The van der Waals surface area contributed by atoms with Crippen LogP contribution in [0.5, 0.6) is 0 Å². The van der Waals surface area contributed by atoms with E-state index in [1.165, 1.54) is 0 Å². The molecule has 1 atom stereocenters. The summed E-state index contributed by atoms with van der Waals surface area (Å²) in [5.74, 6) is 1.61. The van der Waals surface area contributed by atoms with Crippen LogP contribution in [-0.2, 0) is 13.5 Å². The van der Waals surface area contributed by atoms with Crippen molar-refractivity contribution in [3.8, 4) is 0 Å². The van der Waals surface area contributed by atoms with Crippen LogP contribution in [-0.4, -0.2) is 48.5 Å². The summed E-state index contributed by atoms with van der Waals surface area (Å²) in [5.41, 5.74) is -0.0529. The van der Waals surface area contributed by atoms with Crippen LogP contribution in [0.4, 0.5) is 5.82 Å². The number of anilines is 1. The maximum absolute atomic E-state index is 11.1. The Kier molecular flexibility index (Phi) is 4.05. The molecule has 4 rings (SSSR count). The number of rotatable bonds is 3. The summed E-state index contributed by atoms with van der Waals surface area (Å²) in [6, 6.07) is 5.60. The standard InChI is InChI=1S/C17H19ClN6O/c1-23-11-21-22-15(23)8-17(25)5-2-6-24(9-17)16-13-4-3-12(18)7-14(13)19-10-20-16/h3-4,7,10-11,25H,2,5-6,8-9H2,1H3. The van der Waals surface area contributed by atoms with E-state index in [2.05, 4.69) is 25.1 Å². The molecule has 1 unspecified atom stereocenters. The minimum atomic E-state index is -0.858. The lowest BCUT2D eigenvalue weighted by Gasteiger charge is -2.39. The summed E-state index contributed by atoms with van der Waals surface area (Å²) in [5, 5.41) is 20.7. The van der Waals surface area contributed by atoms with Crippen LogP contribution >= 0.6 is 11.6 Å². The smallest absolute Gasteiger partial charge is 0.139 e. The molecule has 7 nitrogen and oxygen atoms in total. The third-order valence-corrected chi connectivity index (χ3v) is 4.96. The number of β-amino-alcohol motifs (C(OH)–C–C–N with tert-alkyl or cyclic N) is 1. The number of halogens is 1. The number of fused-ring (bicyclic) bond motifs is 1. The van der Waals surface area contributed by atoms with Crippen molar-refractivity contribution in [1.82, 2.24) is 24.7 Å². The fraction of sp³-hybridized carbons (Fsp3) is 0.412. The minimum Gasteiger partial charge on any atom is -0.388 e. The number of aliphatic hydroxyl groups is 1. The summed E-state index contributed by atoms with van der Waals surface area (Å²) in [6.07, 6.45) is 5.28. The minimum absolute atomic E-state index is 0.467. The van der Waals surface area contributed by atoms with Crippen molar-refractivity contribution in [2.45, 2.75) is 24.9 Å². The molecule has 0 radical (unpaired) electrons. The van der Waals surface area contributed by atoms with Crippen LogP contribution in [0.15, 0.2) is 30.9 Å². The van der Waals surface area contributed by atoms with Gasteiger partial charge in [0.1, 0.15) is 24.3 Å². The average molecular weight is 359 g/mol. The predicted octanol–water partition coefficient (Wildman–Crippen LogP) is 1.99. The number of benzene rings is 1. The Morgan fingerprint density at radius 3 is 3.00 bits per heavy atom. The van der Waals surface area contributed by atoms with Gasteiger partial charge in [0.2, 0.25) is 0 Å². The molecule has 8 heteroatoms. The highest BCUT2D eigenvalue weighted by Crippen LogP contribution is 2.31. The van der Waals surface area contributed by atoms with Crippen LogP contribution < -0.4 is 4.90 Å². The largest absolute Gasteiger partial charge is 0.388 e. The molecular formula is C17H19ClN6O. The van der Waals surface area contributed by atoms with Gasteiger partial charge in [-0.05, 0) is 31.0 Å². The highest BCUT2D eigenvalue weighted by Gasteiger charge is 2.35. The molecule has 3 aromatic rings. The first kappa shape index (κ1) is 16.2. The highest BCUT2D eigenvalue weighted by molar-refractivity contribution is 6.31. The lowest BCUT2D eigenvalue weighted by atomic mass is 9.89. The van der Waals surface area contributed by atoms with Crippen LogP contribution in [0, 0.1) is 0 Å². The van der Waals surface area contributed by atoms with Crippen LogP contribution in [0.2, 0.25) is 5.02 Å². The number of hydrogen-bond donors (Lipinski definition) is 1. The zero-order valence-electron chi connectivity index (χ0n) is 13.9. The number of aromatic nitrogens is 5. The monoisotopic (exact) mass is 358 g/mol. The molecule has 2 aromatic heterocycles. The van der Waals surface area contributed by atoms with Crippen molar-refractivity contribution >= 4 is 28.3 Å². The molecule has 1 fully saturated rings. The third kappa shape index (κ3) is 3.17. The van der Waals surface area contributed by atoms with Crippen molar-refractivity contribution in [2.75, 3.05) is 18.0 Å². The van der Waals surface area contributed by atoms with Gasteiger partial charge in [0.15, 0.2) is 0 Å². The molecule has 0 amide bonds. The lowest BCUT2D eigenvalue weighted by molar-refractivity contribution is 0.0237. The molecule has 1 saturated heterocycles. The fourth-order valence-corrected chi connectivity index (χ4v) is 3.63. The molecule has 25 heavy (non-hydrogen) atoms. The Bertz CT molecular complexity index is 913. The van der Waals surface area contributed by atoms with Gasteiger partial charge in [-0.3, -0.25) is 0 Å². The van der Waals surface area contributed by atoms with E-state index in [0.717, 1.165) is 41.9 Å². The Hall–Kier alpha value is -2.25. The summed E-state index contributed by atoms with van der Waals surface area (Å²) in [6.45, 7) is 1.34. The molecule has 0 saturated carbocycles. The lowest BCUT2D eigenvalue weighted by Crippen LogP contribution is -2.50. The molecule has 130 valence electrons. The zero-order valence-corrected chi connectivity index (χ0v) is 14.7. The Balaban J connectivity index is 1.64. The van der Waals surface area contributed by atoms with Gasteiger partial charge in [-0.1, -0.05) is 11.6 Å². The van der Waals surface area contributed by atoms with E-state index in [4.69, 9.17) is 11.6 Å². The molecule has 0 bridgehead atoms. The molecule has 1 aromatic carbocycles. The van der Waals surface area contributed by atoms with Crippen LogP contribution in [0.25, 0.3) is 10.9 Å². The third-order valence-electron chi connectivity index (χ3n) is 4.72. The Morgan fingerprint density at radius 1 is 1.32 bits per heavy atom. The highest BCUT2D eigenvalue weighted by atomic mass is 35.5. The van der Waals surface area contributed by atoms with E-state index in [1.807, 2.05) is 29.8 Å². The van der Waals surface area contributed by atoms with E-state index in [9.17, 15) is 5.11 Å². The SMILES string of the molecule is Cn1cnnc1CC1(O)CCCN(c2ncnc3cc(Cl)ccc23)C1. The Labute approximate surface area is 150 Å². The van der Waals surface area contributed by atoms with Crippen molar-refractivity contribution < 1.29 is 5.11 Å². The van der Waals surface area contributed by atoms with Crippen molar-refractivity contribution in [2.24, 2.45) is 7.05 Å². The van der Waals surface area contributed by atoms with E-state index < -0.39 is 5.60 Å². The summed E-state index contributed by atoms with van der Waals surface area (Å²) < 4.78 is 1.85. The van der Waals surface area contributed by atoms with E-state index >= 15 is 0 Å². The maximum Gasteiger partial charge on any atom is 0.139 e. The predicted molar refractivity (Wildman–Crippen MR) is 95.7 cm³/mol. The van der Waals surface area contributed by atoms with Gasteiger partial charge in [-0.2, -0.15) is 0 Å². The summed E-state index contributed by atoms with van der Waals surface area (Å²) >= 11 is 6.07. The van der Waals surface area contributed by atoms with E-state index in [-0.39, 0.29) is 0 Å². The van der Waals surface area contributed by atoms with Crippen LogP contribution in [0.1, 0.15) is 18.7 Å². The van der Waals surface area contributed by atoms with Gasteiger partial charge in [0, 0.05) is 37.0 Å². The van der Waals surface area contributed by atoms with Gasteiger partial charge < -0.3 is 14.6 Å². The van der Waals surface area contributed by atoms with Crippen molar-refractivity contribution in [3.63, 3.8) is 0 Å². The Morgan fingerprint density at radius 2 is 2.20 bits per heavy atom. The number of hydrogen-bond acceptors (Lipinski definition) is 6. The fourth-order valence-electron chi connectivity index (χ4n) is 3.47. The molecule has 1 aliphatic rings. The quantitative estimate of drug-likeness (QED) is 0.771. The second-order valence-corrected chi connectivity index (χ2v) is 7.08. The second-order valence-electron chi connectivity index (χ2n) is 6.64. The van der Waals surface area contributed by atoms with Crippen molar-refractivity contribution in [1.29, 1.82) is 0 Å². The molecule has 3 heterocycles. The molecule has 0 aliphatic carbocycles. The number of aryl methyl sites for hydroxylation is 1. The van der Waals surface area contributed by atoms with Crippen molar-refractivity contribution in [3.05, 3.63) is 41.7 Å². The number of nitrogens with zero attached hydrogens (tertiary/aromatic N) is 6. The molecular weight excluding hydrogens is 340 g/mol. The molecule has 1 N–H and O–H groups in total. The topological polar surface area (TPSA) is 80.0 Å². The van der Waals surface area contributed by atoms with Gasteiger partial charge in [-0.25, -0.2) is 9.97 Å². The normalized spacial score (nSPS) is 21.0. The van der Waals surface area contributed by atoms with Gasteiger partial charge in [0.05, 0.1) is 11.1 Å². The first-order valence-corrected chi connectivity index (χ1v) is 8.62. The average Bonchev–Trinajstić information content (AvgIpc) is 2.98. The summed E-state index contributed by atoms with van der Waals surface area (Å²) in [7, 11) is 1.89.